The maximum absolute atomic E-state index is 10.6. The van der Waals surface area contributed by atoms with Crippen LogP contribution in [0.25, 0.3) is 21.8 Å². The van der Waals surface area contributed by atoms with Crippen molar-refractivity contribution in [3.63, 3.8) is 0 Å². The van der Waals surface area contributed by atoms with Crippen LogP contribution in [0.5, 0.6) is 0 Å². The van der Waals surface area contributed by atoms with Crippen LogP contribution in [0.15, 0.2) is 60.9 Å². The molecule has 2 aromatic heterocycles. The molecule has 0 saturated carbocycles. The van der Waals surface area contributed by atoms with Crippen molar-refractivity contribution < 1.29 is 29.7 Å². The highest BCUT2D eigenvalue weighted by atomic mass is 16.4. The van der Waals surface area contributed by atoms with Gasteiger partial charge in [0.25, 0.3) is 0 Å². The summed E-state index contributed by atoms with van der Waals surface area (Å²) in [4.78, 5) is 37.5. The van der Waals surface area contributed by atoms with Gasteiger partial charge in [0.15, 0.2) is 0 Å². The van der Waals surface area contributed by atoms with Crippen LogP contribution in [0, 0.1) is 5.92 Å². The molecule has 4 rings (SSSR count). The fourth-order valence-electron chi connectivity index (χ4n) is 3.86. The van der Waals surface area contributed by atoms with Crippen molar-refractivity contribution in [3.05, 3.63) is 72.1 Å². The van der Waals surface area contributed by atoms with Gasteiger partial charge in [-0.25, -0.2) is 0 Å². The Bertz CT molecular complexity index is 1290. The lowest BCUT2D eigenvalue weighted by Crippen LogP contribution is -2.32. The number of fused-ring (bicyclic) bond motifs is 2. The molecular formula is C28H37N5O6. The molecule has 0 aliphatic rings. The molecule has 0 amide bonds. The van der Waals surface area contributed by atoms with Gasteiger partial charge < -0.3 is 42.5 Å². The molecule has 3 atom stereocenters. The first kappa shape index (κ1) is 31.0. The first-order valence-corrected chi connectivity index (χ1v) is 12.5. The maximum atomic E-state index is 10.6. The molecule has 0 aliphatic carbocycles. The number of nitrogens with two attached hydrogens (primary N) is 3. The first-order valence-electron chi connectivity index (χ1n) is 12.5. The van der Waals surface area contributed by atoms with Crippen LogP contribution in [-0.4, -0.2) is 61.3 Å². The fourth-order valence-corrected chi connectivity index (χ4v) is 3.86. The summed E-state index contributed by atoms with van der Waals surface area (Å²) in [6, 6.07) is 13.1. The van der Waals surface area contributed by atoms with Gasteiger partial charge in [0.2, 0.25) is 0 Å². The Kier molecular flexibility index (Phi) is 11.7. The summed E-state index contributed by atoms with van der Waals surface area (Å²) >= 11 is 0. The van der Waals surface area contributed by atoms with Gasteiger partial charge in [-0.15, -0.1) is 0 Å². The summed E-state index contributed by atoms with van der Waals surface area (Å²) in [5.41, 5.74) is 20.1. The topological polar surface area (TPSA) is 222 Å². The van der Waals surface area contributed by atoms with Crippen LogP contribution in [0.2, 0.25) is 0 Å². The van der Waals surface area contributed by atoms with E-state index in [1.165, 1.54) is 0 Å². The van der Waals surface area contributed by atoms with Gasteiger partial charge in [0.1, 0.15) is 18.1 Å². The number of aromatic amines is 2. The Morgan fingerprint density at radius 1 is 0.667 bits per heavy atom. The molecule has 0 unspecified atom stereocenters. The summed E-state index contributed by atoms with van der Waals surface area (Å²) in [6.07, 6.45) is 4.87. The van der Waals surface area contributed by atoms with Crippen molar-refractivity contribution >= 4 is 39.7 Å². The lowest BCUT2D eigenvalue weighted by Gasteiger charge is -2.07. The third-order valence-corrected chi connectivity index (χ3v) is 5.91. The van der Waals surface area contributed by atoms with Crippen molar-refractivity contribution in [1.29, 1.82) is 0 Å². The zero-order valence-electron chi connectivity index (χ0n) is 22.0. The summed E-state index contributed by atoms with van der Waals surface area (Å²) in [6.45, 7) is 3.89. The van der Waals surface area contributed by atoms with Crippen LogP contribution < -0.4 is 17.2 Å². The van der Waals surface area contributed by atoms with E-state index in [4.69, 9.17) is 32.5 Å². The first-order chi connectivity index (χ1) is 18.4. The van der Waals surface area contributed by atoms with E-state index in [9.17, 15) is 14.4 Å². The number of carbonyl (C=O) groups is 3. The monoisotopic (exact) mass is 539 g/mol. The third-order valence-electron chi connectivity index (χ3n) is 5.91. The average Bonchev–Trinajstić information content (AvgIpc) is 3.48. The Hall–Kier alpha value is -4.19. The van der Waals surface area contributed by atoms with Gasteiger partial charge in [-0.05, 0) is 35.6 Å². The van der Waals surface area contributed by atoms with Crippen molar-refractivity contribution in [1.82, 2.24) is 9.97 Å². The van der Waals surface area contributed by atoms with Gasteiger partial charge in [-0.1, -0.05) is 50.2 Å². The number of rotatable bonds is 9. The molecule has 11 nitrogen and oxygen atoms in total. The summed E-state index contributed by atoms with van der Waals surface area (Å²) in [7, 11) is 0. The molecule has 4 aromatic rings. The SMILES string of the molecule is CC(C)C[C@H](N)C(=O)O.N[C@@H](Cc1c[nH]c2ccccc12)C(=O)O.N[C@@H](Cc1c[nH]c2ccccc12)C(=O)O. The number of aliphatic carboxylic acids is 3. The number of nitrogens with one attached hydrogen (secondary N) is 2. The average molecular weight is 540 g/mol. The number of hydrogen-bond donors (Lipinski definition) is 8. The summed E-state index contributed by atoms with van der Waals surface area (Å²) in [5.74, 6) is -2.50. The standard InChI is InChI=1S/2C11H12N2O2.C6H13NO2/c2*12-9(11(14)15)5-7-6-13-10-4-2-1-3-8(7)10;1-4(2)3-5(7)6(8)9/h2*1-4,6,9,13H,5,12H2,(H,14,15);4-5H,3,7H2,1-2H3,(H,8,9)/t2*9-;5-/m000/s1. The number of hydrogen-bond acceptors (Lipinski definition) is 6. The smallest absolute Gasteiger partial charge is 0.320 e. The second-order valence-electron chi connectivity index (χ2n) is 9.59. The van der Waals surface area contributed by atoms with Gasteiger partial charge in [-0.3, -0.25) is 14.4 Å². The van der Waals surface area contributed by atoms with E-state index in [1.807, 2.05) is 74.8 Å². The number of carboxylic acid groups (broad SMARTS) is 3. The number of carboxylic acids is 3. The predicted molar refractivity (Wildman–Crippen MR) is 150 cm³/mol. The Morgan fingerprint density at radius 3 is 1.33 bits per heavy atom. The highest BCUT2D eigenvalue weighted by Crippen LogP contribution is 2.19. The quantitative estimate of drug-likeness (QED) is 0.156. The maximum Gasteiger partial charge on any atom is 0.320 e. The van der Waals surface area contributed by atoms with Gasteiger partial charge in [0, 0.05) is 47.0 Å². The normalized spacial score (nSPS) is 13.1. The van der Waals surface area contributed by atoms with Crippen molar-refractivity contribution in [3.8, 4) is 0 Å². The van der Waals surface area contributed by atoms with Crippen molar-refractivity contribution in [2.24, 2.45) is 23.1 Å². The number of H-pyrrole nitrogens is 2. The molecular weight excluding hydrogens is 502 g/mol. The van der Waals surface area contributed by atoms with Crippen LogP contribution >= 0.6 is 0 Å². The lowest BCUT2D eigenvalue weighted by atomic mass is 10.1. The van der Waals surface area contributed by atoms with E-state index in [2.05, 4.69) is 9.97 Å². The van der Waals surface area contributed by atoms with Crippen LogP contribution in [-0.2, 0) is 27.2 Å². The van der Waals surface area contributed by atoms with Crippen LogP contribution in [0.4, 0.5) is 0 Å². The highest BCUT2D eigenvalue weighted by molar-refractivity contribution is 5.85. The molecule has 0 bridgehead atoms. The molecule has 0 radical (unpaired) electrons. The van der Waals surface area contributed by atoms with Crippen molar-refractivity contribution in [2.45, 2.75) is 51.2 Å². The van der Waals surface area contributed by atoms with E-state index in [0.29, 0.717) is 25.2 Å². The molecule has 0 aliphatic heterocycles. The van der Waals surface area contributed by atoms with E-state index >= 15 is 0 Å². The molecule has 39 heavy (non-hydrogen) atoms. The van der Waals surface area contributed by atoms with Crippen LogP contribution in [0.3, 0.4) is 0 Å². The summed E-state index contributed by atoms with van der Waals surface area (Å²) in [5, 5.41) is 27.8. The van der Waals surface area contributed by atoms with E-state index in [1.54, 1.807) is 0 Å². The van der Waals surface area contributed by atoms with E-state index in [-0.39, 0.29) is 0 Å². The molecule has 11 N–H and O–H groups in total. The number of aromatic nitrogens is 2. The minimum Gasteiger partial charge on any atom is -0.480 e. The molecule has 2 heterocycles. The zero-order chi connectivity index (χ0) is 29.1. The molecule has 2 aromatic carbocycles. The molecule has 0 saturated heterocycles. The number of benzene rings is 2. The minimum absolute atomic E-state index is 0.347. The fraction of sp³-hybridized carbons (Fsp3) is 0.321. The van der Waals surface area contributed by atoms with Crippen LogP contribution in [0.1, 0.15) is 31.4 Å². The third kappa shape index (κ3) is 9.56. The molecule has 0 fully saturated rings. The largest absolute Gasteiger partial charge is 0.480 e. The molecule has 11 heteroatoms. The van der Waals surface area contributed by atoms with Gasteiger partial charge >= 0.3 is 17.9 Å². The van der Waals surface area contributed by atoms with E-state index in [0.717, 1.165) is 32.9 Å². The van der Waals surface area contributed by atoms with E-state index < -0.39 is 36.0 Å². The Morgan fingerprint density at radius 2 is 1.03 bits per heavy atom. The van der Waals surface area contributed by atoms with Crippen molar-refractivity contribution in [2.75, 3.05) is 0 Å². The lowest BCUT2D eigenvalue weighted by molar-refractivity contribution is -0.139. The zero-order valence-corrected chi connectivity index (χ0v) is 22.0. The van der Waals surface area contributed by atoms with Gasteiger partial charge in [0.05, 0.1) is 0 Å². The highest BCUT2D eigenvalue weighted by Gasteiger charge is 2.15. The Labute approximate surface area is 226 Å². The van der Waals surface area contributed by atoms with Gasteiger partial charge in [-0.2, -0.15) is 0 Å². The molecule has 0 spiro atoms. The predicted octanol–water partition coefficient (Wildman–Crippen LogP) is 2.69. The second kappa shape index (κ2) is 14.7. The number of para-hydroxylation sites is 2. The minimum atomic E-state index is -0.972. The Balaban J connectivity index is 0.000000213. The second-order valence-corrected chi connectivity index (χ2v) is 9.59. The summed E-state index contributed by atoms with van der Waals surface area (Å²) < 4.78 is 0. The molecule has 210 valence electrons.